The van der Waals surface area contributed by atoms with Crippen molar-refractivity contribution < 1.29 is 4.74 Å². The molecule has 0 radical (unpaired) electrons. The molecule has 0 bridgehead atoms. The van der Waals surface area contributed by atoms with Crippen molar-refractivity contribution in [2.45, 2.75) is 6.92 Å². The van der Waals surface area contributed by atoms with Crippen LogP contribution in [0.4, 0.5) is 0 Å². The van der Waals surface area contributed by atoms with Crippen molar-refractivity contribution in [2.24, 2.45) is 10.1 Å². The molecule has 0 aliphatic carbocycles. The fraction of sp³-hybridized carbons (Fsp3) is 0.250. The van der Waals surface area contributed by atoms with Crippen molar-refractivity contribution in [1.29, 1.82) is 0 Å². The fourth-order valence-corrected chi connectivity index (χ4v) is 3.40. The first-order chi connectivity index (χ1) is 11.2. The van der Waals surface area contributed by atoms with Crippen LogP contribution < -0.4 is 4.80 Å². The van der Waals surface area contributed by atoms with Gasteiger partial charge < -0.3 is 9.72 Å². The van der Waals surface area contributed by atoms with Gasteiger partial charge in [-0.15, -0.1) is 11.3 Å². The van der Waals surface area contributed by atoms with Crippen LogP contribution in [-0.2, 0) is 4.74 Å². The number of hydrogen-bond acceptors (Lipinski definition) is 4. The number of hydrogen-bond donors (Lipinski definition) is 1. The van der Waals surface area contributed by atoms with Gasteiger partial charge in [-0.05, 0) is 25.1 Å². The maximum absolute atomic E-state index is 5.04. The van der Waals surface area contributed by atoms with Gasteiger partial charge in [0.05, 0.1) is 25.1 Å². The van der Waals surface area contributed by atoms with Crippen molar-refractivity contribution in [3.05, 3.63) is 50.3 Å². The van der Waals surface area contributed by atoms with Gasteiger partial charge in [0.25, 0.3) is 0 Å². The first-order valence-corrected chi connectivity index (χ1v) is 8.84. The average Bonchev–Trinajstić information content (AvgIpc) is 3.09. The van der Waals surface area contributed by atoms with Crippen LogP contribution in [0.25, 0.3) is 10.9 Å². The van der Waals surface area contributed by atoms with Crippen LogP contribution in [0.15, 0.2) is 44.3 Å². The number of nitrogens with zero attached hydrogens (tertiary/aromatic N) is 3. The Kier molecular flexibility index (Phi) is 5.09. The summed E-state index contributed by atoms with van der Waals surface area (Å²) in [5.74, 6) is 0. The third-order valence-corrected chi connectivity index (χ3v) is 4.85. The number of aryl methyl sites for hydroxylation is 1. The molecule has 3 rings (SSSR count). The highest BCUT2D eigenvalue weighted by Gasteiger charge is 2.03. The quantitative estimate of drug-likeness (QED) is 0.523. The van der Waals surface area contributed by atoms with E-state index in [1.165, 1.54) is 0 Å². The second-order valence-corrected chi connectivity index (χ2v) is 6.78. The number of nitrogens with one attached hydrogen (secondary N) is 1. The van der Waals surface area contributed by atoms with Gasteiger partial charge in [-0.1, -0.05) is 15.9 Å². The summed E-state index contributed by atoms with van der Waals surface area (Å²) in [5, 5.41) is 7.78. The van der Waals surface area contributed by atoms with E-state index in [4.69, 9.17) is 4.74 Å². The van der Waals surface area contributed by atoms with Gasteiger partial charge in [-0.2, -0.15) is 5.10 Å². The number of halogens is 1. The van der Waals surface area contributed by atoms with Gasteiger partial charge in [-0.3, -0.25) is 4.99 Å². The summed E-state index contributed by atoms with van der Waals surface area (Å²) in [6, 6.07) is 6.15. The lowest BCUT2D eigenvalue weighted by Crippen LogP contribution is -2.13. The van der Waals surface area contributed by atoms with E-state index in [0.29, 0.717) is 13.2 Å². The number of aromatic nitrogens is 2. The molecule has 0 fully saturated rings. The van der Waals surface area contributed by atoms with Gasteiger partial charge in [0, 0.05) is 39.6 Å². The first kappa shape index (κ1) is 16.2. The molecule has 0 spiro atoms. The molecule has 7 heteroatoms. The molecule has 0 amide bonds. The van der Waals surface area contributed by atoms with Crippen LogP contribution >= 0.6 is 27.3 Å². The lowest BCUT2D eigenvalue weighted by molar-refractivity contribution is 0.207. The minimum atomic E-state index is 0.608. The number of rotatable bonds is 5. The van der Waals surface area contributed by atoms with Crippen molar-refractivity contribution in [1.82, 2.24) is 9.66 Å². The first-order valence-electron chi connectivity index (χ1n) is 7.16. The van der Waals surface area contributed by atoms with Crippen LogP contribution in [0.2, 0.25) is 0 Å². The summed E-state index contributed by atoms with van der Waals surface area (Å²) in [4.78, 5) is 8.65. The van der Waals surface area contributed by atoms with Gasteiger partial charge in [-0.25, -0.2) is 4.68 Å². The molecule has 5 nitrogen and oxygen atoms in total. The zero-order valence-corrected chi connectivity index (χ0v) is 15.3. The van der Waals surface area contributed by atoms with Crippen LogP contribution in [0, 0.1) is 6.92 Å². The van der Waals surface area contributed by atoms with E-state index in [1.54, 1.807) is 18.4 Å². The zero-order chi connectivity index (χ0) is 16.2. The molecule has 0 saturated heterocycles. The summed E-state index contributed by atoms with van der Waals surface area (Å²) < 4.78 is 7.95. The van der Waals surface area contributed by atoms with Gasteiger partial charge in [0.1, 0.15) is 0 Å². The number of H-pyrrole nitrogens is 1. The van der Waals surface area contributed by atoms with E-state index in [2.05, 4.69) is 42.5 Å². The molecule has 0 aliphatic heterocycles. The van der Waals surface area contributed by atoms with Crippen molar-refractivity contribution >= 4 is 44.4 Å². The Hall–Kier alpha value is -1.70. The topological polar surface area (TPSA) is 54.7 Å². The number of thiazole rings is 1. The Labute approximate surface area is 146 Å². The van der Waals surface area contributed by atoms with Crippen molar-refractivity contribution in [3.8, 4) is 0 Å². The van der Waals surface area contributed by atoms with Crippen LogP contribution in [-0.4, -0.2) is 36.1 Å². The van der Waals surface area contributed by atoms with Gasteiger partial charge in [0.2, 0.25) is 4.80 Å². The normalized spacial score (nSPS) is 12.7. The molecule has 2 aromatic heterocycles. The average molecular weight is 393 g/mol. The van der Waals surface area contributed by atoms with E-state index < -0.39 is 0 Å². The fourth-order valence-electron chi connectivity index (χ4n) is 2.21. The molecule has 0 saturated carbocycles. The minimum Gasteiger partial charge on any atom is -0.383 e. The Balaban J connectivity index is 1.94. The highest BCUT2D eigenvalue weighted by atomic mass is 79.9. The number of aromatic amines is 1. The van der Waals surface area contributed by atoms with Crippen LogP contribution in [0.5, 0.6) is 0 Å². The van der Waals surface area contributed by atoms with Crippen molar-refractivity contribution in [3.63, 3.8) is 0 Å². The standard InChI is InChI=1S/C16H17BrN4OS/c1-11-10-23-16(18-5-6-22-2)21(11)20-9-12-8-19-15-4-3-13(17)7-14(12)15/h3-4,7-10,19H,5-6H2,1-2H3/b18-16?,20-9+. The third-order valence-electron chi connectivity index (χ3n) is 3.38. The maximum Gasteiger partial charge on any atom is 0.205 e. The molecule has 0 aliphatic rings. The minimum absolute atomic E-state index is 0.608. The molecule has 2 heterocycles. The smallest absolute Gasteiger partial charge is 0.205 e. The second kappa shape index (κ2) is 7.25. The lowest BCUT2D eigenvalue weighted by atomic mass is 10.2. The van der Waals surface area contributed by atoms with E-state index in [1.807, 2.05) is 36.1 Å². The summed E-state index contributed by atoms with van der Waals surface area (Å²) >= 11 is 5.09. The monoisotopic (exact) mass is 392 g/mol. The van der Waals surface area contributed by atoms with Crippen LogP contribution in [0.1, 0.15) is 11.3 Å². The molecule has 23 heavy (non-hydrogen) atoms. The van der Waals surface area contributed by atoms with E-state index in [9.17, 15) is 0 Å². The Morgan fingerprint density at radius 2 is 2.30 bits per heavy atom. The molecule has 0 atom stereocenters. The molecule has 120 valence electrons. The van der Waals surface area contributed by atoms with E-state index in [-0.39, 0.29) is 0 Å². The molecule has 3 aromatic rings. The highest BCUT2D eigenvalue weighted by Crippen LogP contribution is 2.21. The van der Waals surface area contributed by atoms with Gasteiger partial charge >= 0.3 is 0 Å². The largest absolute Gasteiger partial charge is 0.383 e. The van der Waals surface area contributed by atoms with E-state index >= 15 is 0 Å². The number of fused-ring (bicyclic) bond motifs is 1. The summed E-state index contributed by atoms with van der Waals surface area (Å²) in [6.07, 6.45) is 3.82. The summed E-state index contributed by atoms with van der Waals surface area (Å²) in [5.41, 5.74) is 3.19. The maximum atomic E-state index is 5.04. The molecule has 0 unspecified atom stereocenters. The zero-order valence-electron chi connectivity index (χ0n) is 12.9. The predicted molar refractivity (Wildman–Crippen MR) is 98.3 cm³/mol. The third kappa shape index (κ3) is 3.63. The summed E-state index contributed by atoms with van der Waals surface area (Å²) in [7, 11) is 1.68. The van der Waals surface area contributed by atoms with Crippen molar-refractivity contribution in [2.75, 3.05) is 20.3 Å². The Bertz CT molecular complexity index is 906. The number of benzene rings is 1. The molecular formula is C16H17BrN4OS. The number of methoxy groups -OCH3 is 1. The van der Waals surface area contributed by atoms with E-state index in [0.717, 1.165) is 31.4 Å². The second-order valence-electron chi connectivity index (χ2n) is 5.02. The number of ether oxygens (including phenoxy) is 1. The summed E-state index contributed by atoms with van der Waals surface area (Å²) in [6.45, 7) is 3.26. The Morgan fingerprint density at radius 3 is 3.13 bits per heavy atom. The predicted octanol–water partition coefficient (Wildman–Crippen LogP) is 3.53. The molecular weight excluding hydrogens is 376 g/mol. The lowest BCUT2D eigenvalue weighted by Gasteiger charge is -1.98. The highest BCUT2D eigenvalue weighted by molar-refractivity contribution is 9.10. The van der Waals surface area contributed by atoms with Crippen LogP contribution in [0.3, 0.4) is 0 Å². The molecule has 1 aromatic carbocycles. The SMILES string of the molecule is COCCN=c1scc(C)n1/N=C/c1c[nH]c2ccc(Br)cc12. The van der Waals surface area contributed by atoms with Gasteiger partial charge in [0.15, 0.2) is 0 Å². The molecule has 1 N–H and O–H groups in total. The Morgan fingerprint density at radius 1 is 1.43 bits per heavy atom.